The van der Waals surface area contributed by atoms with E-state index in [1.165, 1.54) is 12.1 Å². The molecule has 5 heteroatoms. The van der Waals surface area contributed by atoms with Gasteiger partial charge in [-0.3, -0.25) is 4.57 Å². The maximum atomic E-state index is 14.2. The molecule has 1 heterocycles. The highest BCUT2D eigenvalue weighted by atomic mass is 79.9. The molecule has 0 N–H and O–H groups in total. The molecule has 0 radical (unpaired) electrons. The van der Waals surface area contributed by atoms with Gasteiger partial charge < -0.3 is 4.67 Å². The van der Waals surface area contributed by atoms with E-state index in [-0.39, 0.29) is 5.82 Å². The van der Waals surface area contributed by atoms with E-state index in [1.54, 1.807) is 12.1 Å². The monoisotopic (exact) mass is 401 g/mol. The number of rotatable bonds is 2. The lowest BCUT2D eigenvalue weighted by molar-refractivity contribution is 0.585. The number of fused-ring (bicyclic) bond motifs is 1. The van der Waals surface area contributed by atoms with Crippen LogP contribution < -0.4 is 15.3 Å². The summed E-state index contributed by atoms with van der Waals surface area (Å²) < 4.78 is 30.4. The minimum absolute atomic E-state index is 0.326. The van der Waals surface area contributed by atoms with Gasteiger partial charge in [-0.05, 0) is 60.2 Å². The van der Waals surface area contributed by atoms with Gasteiger partial charge in [-0.15, -0.1) is 0 Å². The normalized spacial score (nSPS) is 19.3. The average molecular weight is 402 g/mol. The third-order valence-corrected chi connectivity index (χ3v) is 7.95. The molecule has 0 saturated heterocycles. The molecule has 0 fully saturated rings. The molecule has 0 aliphatic carbocycles. The van der Waals surface area contributed by atoms with Gasteiger partial charge in [0.05, 0.1) is 6.54 Å². The van der Waals surface area contributed by atoms with Crippen molar-refractivity contribution >= 4 is 39.5 Å². The molecule has 24 heavy (non-hydrogen) atoms. The van der Waals surface area contributed by atoms with Crippen LogP contribution in [0.2, 0.25) is 0 Å². The Hall–Kier alpha value is -1.90. The largest absolute Gasteiger partial charge is 0.311 e. The van der Waals surface area contributed by atoms with Crippen LogP contribution in [-0.2, 0) is 11.1 Å². The van der Waals surface area contributed by atoms with Crippen molar-refractivity contribution in [3.63, 3.8) is 0 Å². The summed E-state index contributed by atoms with van der Waals surface area (Å²) in [6.07, 6.45) is 0. The molecule has 0 bridgehead atoms. The van der Waals surface area contributed by atoms with E-state index in [2.05, 4.69) is 15.9 Å². The van der Waals surface area contributed by atoms with Crippen molar-refractivity contribution in [3.05, 3.63) is 88.6 Å². The van der Waals surface area contributed by atoms with Crippen molar-refractivity contribution in [3.8, 4) is 0 Å². The van der Waals surface area contributed by atoms with E-state index in [0.29, 0.717) is 11.8 Å². The highest BCUT2D eigenvalue weighted by Crippen LogP contribution is 2.55. The van der Waals surface area contributed by atoms with Crippen LogP contribution in [0.3, 0.4) is 0 Å². The first-order valence-corrected chi connectivity index (χ1v) is 10.0. The Labute approximate surface area is 148 Å². The lowest BCUT2D eigenvalue weighted by Gasteiger charge is -2.28. The van der Waals surface area contributed by atoms with Crippen LogP contribution >= 0.6 is 23.2 Å². The van der Waals surface area contributed by atoms with E-state index < -0.39 is 7.29 Å². The number of anilines is 1. The fourth-order valence-corrected chi connectivity index (χ4v) is 6.39. The number of nitrogens with zero attached hydrogens (tertiary/aromatic N) is 1. The van der Waals surface area contributed by atoms with Crippen molar-refractivity contribution in [2.75, 3.05) is 4.67 Å². The second-order valence-corrected chi connectivity index (χ2v) is 9.26. The van der Waals surface area contributed by atoms with Gasteiger partial charge in [0.25, 0.3) is 0 Å². The van der Waals surface area contributed by atoms with Crippen LogP contribution in [0.1, 0.15) is 5.56 Å². The van der Waals surface area contributed by atoms with Gasteiger partial charge in [0.2, 0.25) is 7.29 Å². The van der Waals surface area contributed by atoms with Crippen LogP contribution in [0.25, 0.3) is 0 Å². The summed E-state index contributed by atoms with van der Waals surface area (Å²) in [6, 6.07) is 21.6. The van der Waals surface area contributed by atoms with Crippen LogP contribution in [0, 0.1) is 5.82 Å². The summed E-state index contributed by atoms with van der Waals surface area (Å²) in [7, 11) is -3.03. The molecule has 1 aliphatic rings. The molecule has 2 nitrogen and oxygen atoms in total. The molecule has 1 unspecified atom stereocenters. The summed E-state index contributed by atoms with van der Waals surface area (Å²) in [4.78, 5) is 0. The molecule has 0 aromatic heterocycles. The van der Waals surface area contributed by atoms with Gasteiger partial charge in [-0.2, -0.15) is 0 Å². The Balaban J connectivity index is 1.92. The Morgan fingerprint density at radius 3 is 2.29 bits per heavy atom. The van der Waals surface area contributed by atoms with Crippen LogP contribution in [0.4, 0.5) is 10.1 Å². The quantitative estimate of drug-likeness (QED) is 0.572. The average Bonchev–Trinajstić information content (AvgIpc) is 2.91. The molecule has 120 valence electrons. The zero-order valence-corrected chi connectivity index (χ0v) is 15.2. The second kappa shape index (κ2) is 5.87. The first kappa shape index (κ1) is 15.6. The van der Waals surface area contributed by atoms with E-state index in [4.69, 9.17) is 0 Å². The maximum Gasteiger partial charge on any atom is 0.230 e. The number of halogens is 2. The van der Waals surface area contributed by atoms with E-state index >= 15 is 0 Å². The minimum Gasteiger partial charge on any atom is -0.311 e. The number of hydrogen-bond donors (Lipinski definition) is 0. The summed E-state index contributed by atoms with van der Waals surface area (Å²) >= 11 is 3.43. The summed E-state index contributed by atoms with van der Waals surface area (Å²) in [5.41, 5.74) is 1.94. The van der Waals surface area contributed by atoms with Crippen LogP contribution in [0.5, 0.6) is 0 Å². The molecule has 3 aromatic carbocycles. The van der Waals surface area contributed by atoms with Gasteiger partial charge in [0.15, 0.2) is 0 Å². The lowest BCUT2D eigenvalue weighted by Crippen LogP contribution is -2.24. The Bertz CT molecular complexity index is 940. The van der Waals surface area contributed by atoms with Crippen molar-refractivity contribution in [2.45, 2.75) is 6.54 Å². The Kier molecular flexibility index (Phi) is 3.82. The first-order valence-electron chi connectivity index (χ1n) is 7.57. The summed E-state index contributed by atoms with van der Waals surface area (Å²) in [5, 5.41) is 1.48. The van der Waals surface area contributed by atoms with Gasteiger partial charge in [-0.25, -0.2) is 4.39 Å². The third-order valence-electron chi connectivity index (χ3n) is 4.28. The smallest absolute Gasteiger partial charge is 0.230 e. The highest BCUT2D eigenvalue weighted by molar-refractivity contribution is 9.10. The molecule has 1 atom stereocenters. The number of hydrogen-bond acceptors (Lipinski definition) is 1. The standard InChI is InChI=1S/C19H14BrFNOP/c20-15-5-9-17(10-6-15)22-13-14-3-1-2-4-19(14)24(22,23)18-11-7-16(21)8-12-18/h1-12H,13H2. The predicted octanol–water partition coefficient (Wildman–Crippen LogP) is 4.84. The van der Waals surface area contributed by atoms with Gasteiger partial charge in [0.1, 0.15) is 5.82 Å². The summed E-state index contributed by atoms with van der Waals surface area (Å²) in [5.74, 6) is -0.326. The van der Waals surface area contributed by atoms with Gasteiger partial charge in [0, 0.05) is 20.8 Å². The van der Waals surface area contributed by atoms with E-state index in [9.17, 15) is 8.96 Å². The maximum absolute atomic E-state index is 14.2. The molecule has 0 spiro atoms. The SMILES string of the molecule is O=P1(c2ccc(F)cc2)c2ccccc2CN1c1ccc(Br)cc1. The molecular formula is C19H14BrFNOP. The van der Waals surface area contributed by atoms with Crippen LogP contribution in [0.15, 0.2) is 77.3 Å². The van der Waals surface area contributed by atoms with Gasteiger partial charge in [-0.1, -0.05) is 34.1 Å². The molecular weight excluding hydrogens is 388 g/mol. The van der Waals surface area contributed by atoms with E-state index in [0.717, 1.165) is 21.0 Å². The molecule has 1 aliphatic heterocycles. The van der Waals surface area contributed by atoms with Crippen LogP contribution in [-0.4, -0.2) is 0 Å². The first-order chi connectivity index (χ1) is 11.6. The minimum atomic E-state index is -3.03. The Morgan fingerprint density at radius 2 is 1.58 bits per heavy atom. The predicted molar refractivity (Wildman–Crippen MR) is 100 cm³/mol. The van der Waals surface area contributed by atoms with Crippen molar-refractivity contribution < 1.29 is 8.96 Å². The zero-order chi connectivity index (χ0) is 16.7. The Morgan fingerprint density at radius 1 is 0.917 bits per heavy atom. The van der Waals surface area contributed by atoms with Crippen molar-refractivity contribution in [1.82, 2.24) is 0 Å². The molecule has 3 aromatic rings. The fourth-order valence-electron chi connectivity index (χ4n) is 3.12. The second-order valence-electron chi connectivity index (χ2n) is 5.72. The fraction of sp³-hybridized carbons (Fsp3) is 0.0526. The zero-order valence-electron chi connectivity index (χ0n) is 12.7. The van der Waals surface area contributed by atoms with Crippen molar-refractivity contribution in [2.24, 2.45) is 0 Å². The topological polar surface area (TPSA) is 20.3 Å². The lowest BCUT2D eigenvalue weighted by atomic mass is 10.2. The van der Waals surface area contributed by atoms with Crippen molar-refractivity contribution in [1.29, 1.82) is 0 Å². The molecule has 0 saturated carbocycles. The number of benzene rings is 3. The summed E-state index contributed by atoms with van der Waals surface area (Å²) in [6.45, 7) is 0.576. The highest BCUT2D eigenvalue weighted by Gasteiger charge is 2.42. The molecule has 4 rings (SSSR count). The third kappa shape index (κ3) is 2.42. The van der Waals surface area contributed by atoms with Gasteiger partial charge >= 0.3 is 0 Å². The van der Waals surface area contributed by atoms with E-state index in [1.807, 2.05) is 53.2 Å². The molecule has 0 amide bonds.